The van der Waals surface area contributed by atoms with Gasteiger partial charge in [0, 0.05) is 12.3 Å². The SMILES string of the molecule is Cc1cc(Nc2ccc(C(=O)Nc3cccc(Cl)c3Cl)cn2)no1. The topological polar surface area (TPSA) is 80.0 Å². The Hall–Kier alpha value is -2.57. The lowest BCUT2D eigenvalue weighted by molar-refractivity contribution is 0.102. The molecule has 0 saturated heterocycles. The highest BCUT2D eigenvalue weighted by atomic mass is 35.5. The van der Waals surface area contributed by atoms with Crippen LogP contribution in [0.15, 0.2) is 47.1 Å². The monoisotopic (exact) mass is 362 g/mol. The highest BCUT2D eigenvalue weighted by molar-refractivity contribution is 6.44. The summed E-state index contributed by atoms with van der Waals surface area (Å²) < 4.78 is 4.96. The molecule has 0 aliphatic carbocycles. The average molecular weight is 363 g/mol. The number of amides is 1. The summed E-state index contributed by atoms with van der Waals surface area (Å²) in [4.78, 5) is 16.4. The molecule has 0 fully saturated rings. The lowest BCUT2D eigenvalue weighted by atomic mass is 10.2. The van der Waals surface area contributed by atoms with Gasteiger partial charge in [-0.05, 0) is 31.2 Å². The van der Waals surface area contributed by atoms with Crippen molar-refractivity contribution < 1.29 is 9.32 Å². The van der Waals surface area contributed by atoms with Gasteiger partial charge in [-0.25, -0.2) is 4.98 Å². The highest BCUT2D eigenvalue weighted by Crippen LogP contribution is 2.29. The highest BCUT2D eigenvalue weighted by Gasteiger charge is 2.11. The van der Waals surface area contributed by atoms with Gasteiger partial charge < -0.3 is 15.2 Å². The van der Waals surface area contributed by atoms with Gasteiger partial charge in [-0.2, -0.15) is 0 Å². The Morgan fingerprint density at radius 2 is 2.00 bits per heavy atom. The van der Waals surface area contributed by atoms with Gasteiger partial charge in [-0.15, -0.1) is 0 Å². The average Bonchev–Trinajstić information content (AvgIpc) is 2.97. The lowest BCUT2D eigenvalue weighted by Crippen LogP contribution is -2.12. The van der Waals surface area contributed by atoms with E-state index in [9.17, 15) is 4.79 Å². The summed E-state index contributed by atoms with van der Waals surface area (Å²) in [7, 11) is 0. The standard InChI is InChI=1S/C16H12Cl2N4O2/c1-9-7-14(22-24-9)21-13-6-5-10(8-19-13)16(23)20-12-4-2-3-11(17)15(12)18/h2-8H,1H3,(H,20,23)(H,19,21,22). The van der Waals surface area contributed by atoms with E-state index in [-0.39, 0.29) is 5.91 Å². The Kier molecular flexibility index (Phi) is 4.69. The van der Waals surface area contributed by atoms with E-state index in [1.54, 1.807) is 43.3 Å². The van der Waals surface area contributed by atoms with Gasteiger partial charge in [0.15, 0.2) is 5.82 Å². The number of nitrogens with zero attached hydrogens (tertiary/aromatic N) is 2. The van der Waals surface area contributed by atoms with E-state index in [4.69, 9.17) is 27.7 Å². The molecule has 3 rings (SSSR count). The number of carbonyl (C=O) groups is 1. The molecule has 1 aromatic carbocycles. The molecule has 122 valence electrons. The van der Waals surface area contributed by atoms with Crippen molar-refractivity contribution in [2.45, 2.75) is 6.92 Å². The predicted octanol–water partition coefficient (Wildman–Crippen LogP) is 4.68. The molecule has 0 atom stereocenters. The van der Waals surface area contributed by atoms with Crippen LogP contribution in [0.1, 0.15) is 16.1 Å². The van der Waals surface area contributed by atoms with Gasteiger partial charge in [0.2, 0.25) is 0 Å². The van der Waals surface area contributed by atoms with Crippen LogP contribution < -0.4 is 10.6 Å². The Bertz CT molecular complexity index is 878. The number of anilines is 3. The fourth-order valence-corrected chi connectivity index (χ4v) is 2.30. The second kappa shape index (κ2) is 6.90. The van der Waals surface area contributed by atoms with Gasteiger partial charge >= 0.3 is 0 Å². The first-order valence-electron chi connectivity index (χ1n) is 6.94. The molecule has 2 heterocycles. The molecule has 24 heavy (non-hydrogen) atoms. The number of hydrogen-bond acceptors (Lipinski definition) is 5. The summed E-state index contributed by atoms with van der Waals surface area (Å²) in [5.74, 6) is 1.44. The Morgan fingerprint density at radius 3 is 2.67 bits per heavy atom. The minimum Gasteiger partial charge on any atom is -0.360 e. The molecular formula is C16H12Cl2N4O2. The normalized spacial score (nSPS) is 10.5. The van der Waals surface area contributed by atoms with Crippen LogP contribution in [0.3, 0.4) is 0 Å². The van der Waals surface area contributed by atoms with Crippen molar-refractivity contribution in [3.8, 4) is 0 Å². The van der Waals surface area contributed by atoms with E-state index in [1.807, 2.05) is 0 Å². The second-order valence-electron chi connectivity index (χ2n) is 4.94. The van der Waals surface area contributed by atoms with Gasteiger partial charge in [-0.3, -0.25) is 4.79 Å². The van der Waals surface area contributed by atoms with Crippen molar-refractivity contribution in [3.63, 3.8) is 0 Å². The van der Waals surface area contributed by atoms with Crippen LogP contribution in [0, 0.1) is 6.92 Å². The zero-order chi connectivity index (χ0) is 17.1. The van der Waals surface area contributed by atoms with Gasteiger partial charge in [-0.1, -0.05) is 34.4 Å². The summed E-state index contributed by atoms with van der Waals surface area (Å²) in [6.07, 6.45) is 1.45. The minimum atomic E-state index is -0.338. The van der Waals surface area contributed by atoms with Crippen molar-refractivity contribution in [2.24, 2.45) is 0 Å². The quantitative estimate of drug-likeness (QED) is 0.704. The van der Waals surface area contributed by atoms with Gasteiger partial charge in [0.05, 0.1) is 21.3 Å². The number of aromatic nitrogens is 2. The summed E-state index contributed by atoms with van der Waals surface area (Å²) in [5, 5.41) is 10.1. The van der Waals surface area contributed by atoms with E-state index < -0.39 is 0 Å². The van der Waals surface area contributed by atoms with Crippen molar-refractivity contribution in [2.75, 3.05) is 10.6 Å². The van der Waals surface area contributed by atoms with Crippen molar-refractivity contribution in [1.29, 1.82) is 0 Å². The molecule has 1 amide bonds. The summed E-state index contributed by atoms with van der Waals surface area (Å²) in [6.45, 7) is 1.79. The van der Waals surface area contributed by atoms with Crippen molar-refractivity contribution >= 4 is 46.4 Å². The molecule has 8 heteroatoms. The fourth-order valence-electron chi connectivity index (χ4n) is 1.95. The maximum absolute atomic E-state index is 12.2. The molecule has 0 radical (unpaired) electrons. The molecule has 3 aromatic rings. The van der Waals surface area contributed by atoms with Crippen LogP contribution in [-0.2, 0) is 0 Å². The van der Waals surface area contributed by atoms with E-state index in [2.05, 4.69) is 20.8 Å². The Morgan fingerprint density at radius 1 is 1.17 bits per heavy atom. The second-order valence-corrected chi connectivity index (χ2v) is 5.72. The molecule has 0 saturated carbocycles. The third kappa shape index (κ3) is 3.67. The van der Waals surface area contributed by atoms with Gasteiger partial charge in [0.1, 0.15) is 11.6 Å². The number of carbonyl (C=O) groups excluding carboxylic acids is 1. The smallest absolute Gasteiger partial charge is 0.257 e. The van der Waals surface area contributed by atoms with E-state index in [0.29, 0.717) is 38.7 Å². The third-order valence-corrected chi connectivity index (χ3v) is 3.93. The number of benzene rings is 1. The fraction of sp³-hybridized carbons (Fsp3) is 0.0625. The molecule has 2 N–H and O–H groups in total. The van der Waals surface area contributed by atoms with Crippen molar-refractivity contribution in [1.82, 2.24) is 10.1 Å². The lowest BCUT2D eigenvalue weighted by Gasteiger charge is -2.08. The maximum atomic E-state index is 12.2. The molecule has 2 aromatic heterocycles. The van der Waals surface area contributed by atoms with E-state index in [0.717, 1.165) is 0 Å². The van der Waals surface area contributed by atoms with Crippen LogP contribution >= 0.6 is 23.2 Å². The first-order chi connectivity index (χ1) is 11.5. The zero-order valence-electron chi connectivity index (χ0n) is 12.5. The number of pyridine rings is 1. The first kappa shape index (κ1) is 16.3. The number of halogens is 2. The van der Waals surface area contributed by atoms with Crippen molar-refractivity contribution in [3.05, 3.63) is 64.0 Å². The summed E-state index contributed by atoms with van der Waals surface area (Å²) in [5.41, 5.74) is 0.822. The first-order valence-corrected chi connectivity index (χ1v) is 7.70. The molecule has 0 bridgehead atoms. The molecule has 0 aliphatic rings. The predicted molar refractivity (Wildman–Crippen MR) is 93.2 cm³/mol. The van der Waals surface area contributed by atoms with Crippen LogP contribution in [0.2, 0.25) is 10.0 Å². The Labute approximate surface area is 147 Å². The molecule has 0 spiro atoms. The molecule has 6 nitrogen and oxygen atoms in total. The van der Waals surface area contributed by atoms with Gasteiger partial charge in [0.25, 0.3) is 5.91 Å². The summed E-state index contributed by atoms with van der Waals surface area (Å²) >= 11 is 12.0. The Balaban J connectivity index is 1.70. The largest absolute Gasteiger partial charge is 0.360 e. The van der Waals surface area contributed by atoms with Crippen LogP contribution in [-0.4, -0.2) is 16.0 Å². The summed E-state index contributed by atoms with van der Waals surface area (Å²) in [6, 6.07) is 10.1. The van der Waals surface area contributed by atoms with E-state index in [1.165, 1.54) is 6.20 Å². The van der Waals surface area contributed by atoms with Crippen LogP contribution in [0.25, 0.3) is 0 Å². The molecule has 0 unspecified atom stereocenters. The number of nitrogens with one attached hydrogen (secondary N) is 2. The molecular weight excluding hydrogens is 351 g/mol. The number of hydrogen-bond donors (Lipinski definition) is 2. The maximum Gasteiger partial charge on any atom is 0.257 e. The number of rotatable bonds is 4. The zero-order valence-corrected chi connectivity index (χ0v) is 14.0. The minimum absolute atomic E-state index is 0.292. The van der Waals surface area contributed by atoms with Crippen LogP contribution in [0.5, 0.6) is 0 Å². The van der Waals surface area contributed by atoms with Crippen LogP contribution in [0.4, 0.5) is 17.3 Å². The number of aryl methyl sites for hydroxylation is 1. The molecule has 0 aliphatic heterocycles. The third-order valence-electron chi connectivity index (χ3n) is 3.11. The van der Waals surface area contributed by atoms with E-state index >= 15 is 0 Å².